The first-order valence-corrected chi connectivity index (χ1v) is 4.26. The van der Waals surface area contributed by atoms with E-state index in [-0.39, 0.29) is 18.3 Å². The van der Waals surface area contributed by atoms with E-state index in [0.717, 1.165) is 13.0 Å². The van der Waals surface area contributed by atoms with Crippen LogP contribution in [-0.2, 0) is 4.79 Å². The minimum Gasteiger partial charge on any atom is -0.353 e. The number of halogens is 1. The van der Waals surface area contributed by atoms with Crippen LogP contribution in [0.3, 0.4) is 0 Å². The van der Waals surface area contributed by atoms with Crippen LogP contribution in [0.5, 0.6) is 0 Å². The Morgan fingerprint density at radius 1 is 1.50 bits per heavy atom. The second kappa shape index (κ2) is 3.62. The Balaban J connectivity index is 0.000000720. The zero-order valence-corrected chi connectivity index (χ0v) is 7.99. The summed E-state index contributed by atoms with van der Waals surface area (Å²) in [6, 6.07) is 1.13. The monoisotopic (exact) mass is 190 g/mol. The molecule has 1 aliphatic heterocycles. The first kappa shape index (κ1) is 9.81. The zero-order chi connectivity index (χ0) is 7.84. The van der Waals surface area contributed by atoms with Crippen LogP contribution in [0.25, 0.3) is 0 Å². The fourth-order valence-electron chi connectivity index (χ4n) is 2.27. The van der Waals surface area contributed by atoms with Gasteiger partial charge in [-0.15, -0.1) is 12.4 Å². The van der Waals surface area contributed by atoms with Gasteiger partial charge in [-0.1, -0.05) is 0 Å². The highest BCUT2D eigenvalue weighted by atomic mass is 35.5. The first-order chi connectivity index (χ1) is 5.25. The summed E-state index contributed by atoms with van der Waals surface area (Å²) in [6.45, 7) is 2.69. The summed E-state index contributed by atoms with van der Waals surface area (Å²) < 4.78 is 0. The maximum absolute atomic E-state index is 10.7. The van der Waals surface area contributed by atoms with Gasteiger partial charge in [0.05, 0.1) is 0 Å². The standard InChI is InChI=1S/C8H14N2O.ClH/c1-5(11)10-8-3-7-2-6(8)4-9-7;/h6-9H,2-4H2,1H3,(H,10,11);1H/t6-,7-,8-;/m0./s1. The van der Waals surface area contributed by atoms with Crippen molar-refractivity contribution in [3.63, 3.8) is 0 Å². The Labute approximate surface area is 78.7 Å². The van der Waals surface area contributed by atoms with Crippen LogP contribution >= 0.6 is 12.4 Å². The van der Waals surface area contributed by atoms with Gasteiger partial charge < -0.3 is 10.6 Å². The van der Waals surface area contributed by atoms with Gasteiger partial charge in [0.1, 0.15) is 0 Å². The summed E-state index contributed by atoms with van der Waals surface area (Å²) in [5.74, 6) is 0.812. The average Bonchev–Trinajstić information content (AvgIpc) is 2.45. The van der Waals surface area contributed by atoms with Crippen molar-refractivity contribution in [3.8, 4) is 0 Å². The van der Waals surface area contributed by atoms with Gasteiger partial charge in [0.2, 0.25) is 5.91 Å². The Kier molecular flexibility index (Phi) is 2.96. The molecule has 4 heteroatoms. The van der Waals surface area contributed by atoms with Gasteiger partial charge in [-0.05, 0) is 18.8 Å². The van der Waals surface area contributed by atoms with E-state index in [1.54, 1.807) is 6.92 Å². The molecule has 2 bridgehead atoms. The van der Waals surface area contributed by atoms with Gasteiger partial charge in [0.25, 0.3) is 0 Å². The highest BCUT2D eigenvalue weighted by Crippen LogP contribution is 2.30. The molecule has 2 aliphatic rings. The molecule has 1 amide bonds. The lowest BCUT2D eigenvalue weighted by Gasteiger charge is -2.22. The predicted octanol–water partition coefficient (Wildman–Crippen LogP) is 0.295. The normalized spacial score (nSPS) is 37.6. The van der Waals surface area contributed by atoms with Gasteiger partial charge >= 0.3 is 0 Å². The molecule has 2 fully saturated rings. The third-order valence-electron chi connectivity index (χ3n) is 2.75. The second-order valence-electron chi connectivity index (χ2n) is 3.64. The number of fused-ring (bicyclic) bond motifs is 2. The SMILES string of the molecule is CC(=O)N[C@H]1C[C@@H]2C[C@H]1CN2.Cl. The van der Waals surface area contributed by atoms with Gasteiger partial charge in [-0.2, -0.15) is 0 Å². The molecule has 1 heterocycles. The minimum atomic E-state index is 0. The topological polar surface area (TPSA) is 41.1 Å². The lowest BCUT2D eigenvalue weighted by atomic mass is 10.0. The van der Waals surface area contributed by atoms with Gasteiger partial charge in [0, 0.05) is 25.6 Å². The van der Waals surface area contributed by atoms with Crippen LogP contribution in [-0.4, -0.2) is 24.5 Å². The molecule has 3 atom stereocenters. The number of hydrogen-bond acceptors (Lipinski definition) is 2. The van der Waals surface area contributed by atoms with Crippen LogP contribution < -0.4 is 10.6 Å². The molecule has 0 aromatic rings. The fraction of sp³-hybridized carbons (Fsp3) is 0.875. The number of nitrogens with one attached hydrogen (secondary N) is 2. The van der Waals surface area contributed by atoms with Crippen molar-refractivity contribution in [2.24, 2.45) is 5.92 Å². The highest BCUT2D eigenvalue weighted by Gasteiger charge is 2.39. The summed E-state index contributed by atoms with van der Waals surface area (Å²) >= 11 is 0. The van der Waals surface area contributed by atoms with Crippen molar-refractivity contribution in [2.45, 2.75) is 31.8 Å². The number of carbonyl (C=O) groups excluding carboxylic acids is 1. The van der Waals surface area contributed by atoms with E-state index >= 15 is 0 Å². The van der Waals surface area contributed by atoms with Crippen molar-refractivity contribution in [2.75, 3.05) is 6.54 Å². The predicted molar refractivity (Wildman–Crippen MR) is 49.4 cm³/mol. The smallest absolute Gasteiger partial charge is 0.217 e. The van der Waals surface area contributed by atoms with Crippen molar-refractivity contribution in [1.29, 1.82) is 0 Å². The molecule has 0 spiro atoms. The molecule has 0 unspecified atom stereocenters. The van der Waals surface area contributed by atoms with Gasteiger partial charge in [-0.25, -0.2) is 0 Å². The summed E-state index contributed by atoms with van der Waals surface area (Å²) in [7, 11) is 0. The molecule has 0 aromatic heterocycles. The quantitative estimate of drug-likeness (QED) is 0.625. The van der Waals surface area contributed by atoms with Crippen molar-refractivity contribution in [1.82, 2.24) is 10.6 Å². The van der Waals surface area contributed by atoms with E-state index in [0.29, 0.717) is 18.0 Å². The third kappa shape index (κ3) is 1.72. The molecule has 12 heavy (non-hydrogen) atoms. The number of hydrogen-bond donors (Lipinski definition) is 2. The number of piperidine rings is 1. The molecule has 1 aliphatic carbocycles. The van der Waals surface area contributed by atoms with E-state index in [9.17, 15) is 4.79 Å². The van der Waals surface area contributed by atoms with E-state index in [4.69, 9.17) is 0 Å². The number of carbonyl (C=O) groups is 1. The van der Waals surface area contributed by atoms with Crippen LogP contribution in [0.1, 0.15) is 19.8 Å². The van der Waals surface area contributed by atoms with Crippen LogP contribution in [0.4, 0.5) is 0 Å². The van der Waals surface area contributed by atoms with Crippen molar-refractivity contribution in [3.05, 3.63) is 0 Å². The fourth-order valence-corrected chi connectivity index (χ4v) is 2.27. The lowest BCUT2D eigenvalue weighted by molar-refractivity contribution is -0.119. The molecule has 2 N–H and O–H groups in total. The van der Waals surface area contributed by atoms with E-state index < -0.39 is 0 Å². The summed E-state index contributed by atoms with van der Waals surface area (Å²) in [5, 5.41) is 6.40. The first-order valence-electron chi connectivity index (χ1n) is 4.26. The van der Waals surface area contributed by atoms with Crippen LogP contribution in [0.2, 0.25) is 0 Å². The Bertz CT molecular complexity index is 186. The summed E-state index contributed by atoms with van der Waals surface area (Å²) in [4.78, 5) is 10.7. The number of rotatable bonds is 1. The minimum absolute atomic E-state index is 0. The lowest BCUT2D eigenvalue weighted by Crippen LogP contribution is -2.43. The van der Waals surface area contributed by atoms with Gasteiger partial charge in [-0.3, -0.25) is 4.79 Å². The average molecular weight is 191 g/mol. The highest BCUT2D eigenvalue weighted by molar-refractivity contribution is 5.85. The zero-order valence-electron chi connectivity index (χ0n) is 7.17. The molecule has 70 valence electrons. The van der Waals surface area contributed by atoms with E-state index in [2.05, 4.69) is 10.6 Å². The summed E-state index contributed by atoms with van der Waals surface area (Å²) in [5.41, 5.74) is 0. The number of amides is 1. The second-order valence-corrected chi connectivity index (χ2v) is 3.64. The Hall–Kier alpha value is -0.280. The van der Waals surface area contributed by atoms with Crippen molar-refractivity contribution < 1.29 is 4.79 Å². The Morgan fingerprint density at radius 3 is 2.67 bits per heavy atom. The molecular formula is C8H15ClN2O. The third-order valence-corrected chi connectivity index (χ3v) is 2.75. The van der Waals surface area contributed by atoms with E-state index in [1.165, 1.54) is 6.42 Å². The van der Waals surface area contributed by atoms with Crippen molar-refractivity contribution >= 4 is 18.3 Å². The molecule has 0 radical (unpaired) electrons. The van der Waals surface area contributed by atoms with Gasteiger partial charge in [0.15, 0.2) is 0 Å². The maximum Gasteiger partial charge on any atom is 0.217 e. The molecule has 2 rings (SSSR count). The maximum atomic E-state index is 10.7. The van der Waals surface area contributed by atoms with Crippen LogP contribution in [0, 0.1) is 5.92 Å². The molecule has 1 saturated heterocycles. The molecule has 1 saturated carbocycles. The van der Waals surface area contributed by atoms with E-state index in [1.807, 2.05) is 0 Å². The molecule has 0 aromatic carbocycles. The largest absolute Gasteiger partial charge is 0.353 e. The van der Waals surface area contributed by atoms with Crippen LogP contribution in [0.15, 0.2) is 0 Å². The summed E-state index contributed by atoms with van der Waals surface area (Å²) in [6.07, 6.45) is 2.38. The molecule has 3 nitrogen and oxygen atoms in total. The molecular weight excluding hydrogens is 176 g/mol. The Morgan fingerprint density at radius 2 is 2.25 bits per heavy atom.